The fraction of sp³-hybridized carbons (Fsp3) is 0.429. The molecule has 1 saturated heterocycles. The van der Waals surface area contributed by atoms with Crippen molar-refractivity contribution in [3.8, 4) is 0 Å². The van der Waals surface area contributed by atoms with Crippen molar-refractivity contribution in [1.82, 2.24) is 24.9 Å². The third-order valence-electron chi connectivity index (χ3n) is 5.14. The fourth-order valence-electron chi connectivity index (χ4n) is 3.58. The van der Waals surface area contributed by atoms with Crippen LogP contribution < -0.4 is 10.6 Å². The van der Waals surface area contributed by atoms with E-state index in [4.69, 9.17) is 0 Å². The molecule has 1 fully saturated rings. The summed E-state index contributed by atoms with van der Waals surface area (Å²) in [6.07, 6.45) is 8.14. The molecule has 0 spiro atoms. The van der Waals surface area contributed by atoms with Crippen LogP contribution in [0, 0.1) is 0 Å². The van der Waals surface area contributed by atoms with E-state index < -0.39 is 0 Å². The quantitative estimate of drug-likeness (QED) is 0.292. The van der Waals surface area contributed by atoms with E-state index >= 15 is 0 Å². The van der Waals surface area contributed by atoms with Crippen LogP contribution >= 0.6 is 35.3 Å². The summed E-state index contributed by atoms with van der Waals surface area (Å²) in [5.74, 6) is 0.786. The second kappa shape index (κ2) is 10.9. The third kappa shape index (κ3) is 6.16. The van der Waals surface area contributed by atoms with Gasteiger partial charge < -0.3 is 10.6 Å². The van der Waals surface area contributed by atoms with Crippen molar-refractivity contribution in [1.29, 1.82) is 0 Å². The van der Waals surface area contributed by atoms with Crippen LogP contribution in [0.2, 0.25) is 0 Å². The summed E-state index contributed by atoms with van der Waals surface area (Å²) >= 11 is 1.64. The number of thiazole rings is 1. The lowest BCUT2D eigenvalue weighted by Gasteiger charge is -2.26. The molecule has 1 aliphatic heterocycles. The number of hydrogen-bond acceptors (Lipinski definition) is 4. The number of fused-ring (bicyclic) bond motifs is 1. The number of rotatable bonds is 6. The number of piperidine rings is 1. The van der Waals surface area contributed by atoms with Gasteiger partial charge in [0, 0.05) is 37.9 Å². The maximum atomic E-state index is 4.59. The van der Waals surface area contributed by atoms with E-state index in [-0.39, 0.29) is 24.0 Å². The smallest absolute Gasteiger partial charge is 0.193 e. The van der Waals surface area contributed by atoms with E-state index in [9.17, 15) is 0 Å². The molecule has 0 bridgehead atoms. The van der Waals surface area contributed by atoms with E-state index in [0.717, 1.165) is 29.7 Å². The predicted molar refractivity (Wildman–Crippen MR) is 131 cm³/mol. The molecule has 0 saturated carbocycles. The number of nitrogens with zero attached hydrogens (tertiary/aromatic N) is 4. The van der Waals surface area contributed by atoms with Crippen molar-refractivity contribution in [2.75, 3.05) is 20.1 Å². The van der Waals surface area contributed by atoms with Gasteiger partial charge in [-0.15, -0.1) is 35.3 Å². The van der Waals surface area contributed by atoms with Gasteiger partial charge in [-0.25, -0.2) is 4.98 Å². The Labute approximate surface area is 193 Å². The number of aromatic nitrogens is 2. The molecule has 0 radical (unpaired) electrons. The highest BCUT2D eigenvalue weighted by Crippen LogP contribution is 2.14. The van der Waals surface area contributed by atoms with Crippen LogP contribution in [-0.4, -0.2) is 40.4 Å². The van der Waals surface area contributed by atoms with Crippen LogP contribution in [0.5, 0.6) is 0 Å². The summed E-state index contributed by atoms with van der Waals surface area (Å²) in [5, 5.41) is 8.75. The summed E-state index contributed by atoms with van der Waals surface area (Å²) in [4.78, 5) is 12.5. The Morgan fingerprint density at radius 2 is 1.79 bits per heavy atom. The zero-order valence-electron chi connectivity index (χ0n) is 16.8. The molecule has 4 rings (SSSR count). The lowest BCUT2D eigenvalue weighted by molar-refractivity contribution is 0.221. The van der Waals surface area contributed by atoms with Crippen LogP contribution in [0.4, 0.5) is 0 Å². The summed E-state index contributed by atoms with van der Waals surface area (Å²) in [6.45, 7) is 4.95. The Morgan fingerprint density at radius 1 is 1.07 bits per heavy atom. The van der Waals surface area contributed by atoms with E-state index in [1.165, 1.54) is 43.5 Å². The number of benzene rings is 1. The maximum Gasteiger partial charge on any atom is 0.193 e. The zero-order chi connectivity index (χ0) is 19.2. The molecule has 0 amide bonds. The van der Waals surface area contributed by atoms with E-state index in [1.807, 2.05) is 22.2 Å². The Balaban J connectivity index is 0.00000240. The Hall–Kier alpha value is -1.65. The van der Waals surface area contributed by atoms with Gasteiger partial charge in [0.25, 0.3) is 0 Å². The zero-order valence-corrected chi connectivity index (χ0v) is 20.0. The van der Waals surface area contributed by atoms with Crippen LogP contribution in [0.25, 0.3) is 4.96 Å². The largest absolute Gasteiger partial charge is 0.352 e. The van der Waals surface area contributed by atoms with Gasteiger partial charge in [-0.05, 0) is 37.1 Å². The third-order valence-corrected chi connectivity index (χ3v) is 5.91. The summed E-state index contributed by atoms with van der Waals surface area (Å²) in [6, 6.07) is 8.92. The van der Waals surface area contributed by atoms with Crippen molar-refractivity contribution in [3.63, 3.8) is 0 Å². The molecule has 1 aromatic carbocycles. The minimum Gasteiger partial charge on any atom is -0.352 e. The first-order valence-electron chi connectivity index (χ1n) is 9.96. The normalized spacial score (nSPS) is 15.3. The van der Waals surface area contributed by atoms with Crippen molar-refractivity contribution in [2.45, 2.75) is 38.9 Å². The maximum absolute atomic E-state index is 4.59. The van der Waals surface area contributed by atoms with E-state index in [0.29, 0.717) is 6.54 Å². The number of aliphatic imine (C=N–C) groups is 1. The molecular formula is C21H29IN6S. The molecule has 3 aromatic rings. The highest BCUT2D eigenvalue weighted by atomic mass is 127. The highest BCUT2D eigenvalue weighted by Gasteiger charge is 2.10. The second-order valence-electron chi connectivity index (χ2n) is 7.26. The molecule has 29 heavy (non-hydrogen) atoms. The first kappa shape index (κ1) is 22.0. The Morgan fingerprint density at radius 3 is 2.52 bits per heavy atom. The van der Waals surface area contributed by atoms with Gasteiger partial charge in [0.05, 0.1) is 12.2 Å². The first-order chi connectivity index (χ1) is 13.8. The lowest BCUT2D eigenvalue weighted by Crippen LogP contribution is -2.36. The Kier molecular flexibility index (Phi) is 8.31. The van der Waals surface area contributed by atoms with Crippen LogP contribution in [0.15, 0.2) is 47.0 Å². The molecule has 0 atom stereocenters. The van der Waals surface area contributed by atoms with Gasteiger partial charge in [-0.3, -0.25) is 14.3 Å². The molecular weight excluding hydrogens is 495 g/mol. The lowest BCUT2D eigenvalue weighted by atomic mass is 10.1. The van der Waals surface area contributed by atoms with Crippen molar-refractivity contribution >= 4 is 46.2 Å². The number of guanidine groups is 1. The molecule has 0 unspecified atom stereocenters. The average Bonchev–Trinajstić information content (AvgIpc) is 3.32. The van der Waals surface area contributed by atoms with Gasteiger partial charge in [0.2, 0.25) is 0 Å². The average molecular weight is 524 g/mol. The Bertz CT molecular complexity index is 882. The van der Waals surface area contributed by atoms with Crippen LogP contribution in [0.1, 0.15) is 36.1 Å². The first-order valence-corrected chi connectivity index (χ1v) is 10.8. The highest BCUT2D eigenvalue weighted by molar-refractivity contribution is 14.0. The molecule has 0 aliphatic carbocycles. The molecule has 3 heterocycles. The van der Waals surface area contributed by atoms with Gasteiger partial charge in [0.1, 0.15) is 0 Å². The number of halogens is 1. The van der Waals surface area contributed by atoms with Crippen molar-refractivity contribution < 1.29 is 0 Å². The molecule has 2 aromatic heterocycles. The van der Waals surface area contributed by atoms with Crippen molar-refractivity contribution in [2.24, 2.45) is 4.99 Å². The van der Waals surface area contributed by atoms with Crippen molar-refractivity contribution in [3.05, 3.63) is 58.9 Å². The fourth-order valence-corrected chi connectivity index (χ4v) is 4.30. The summed E-state index contributed by atoms with van der Waals surface area (Å²) < 4.78 is 2.04. The molecule has 156 valence electrons. The SMILES string of the molecule is CN=C(NCc1ccc(CN2CCCCC2)cc1)NCc1cn2ccsc2n1.I. The topological polar surface area (TPSA) is 57.0 Å². The summed E-state index contributed by atoms with van der Waals surface area (Å²) in [7, 11) is 1.79. The number of hydrogen-bond donors (Lipinski definition) is 2. The van der Waals surface area contributed by atoms with Gasteiger partial charge >= 0.3 is 0 Å². The molecule has 2 N–H and O–H groups in total. The monoisotopic (exact) mass is 524 g/mol. The molecule has 1 aliphatic rings. The minimum absolute atomic E-state index is 0. The predicted octanol–water partition coefficient (Wildman–Crippen LogP) is 3.86. The number of imidazole rings is 1. The standard InChI is InChI=1S/C21H28N6S.HI/c1-22-20(24-14-19-16-27-11-12-28-21(27)25-19)23-13-17-5-7-18(8-6-17)15-26-9-3-2-4-10-26;/h5-8,11-12,16H,2-4,9-10,13-15H2,1H3,(H2,22,23,24);1H. The molecule has 6 nitrogen and oxygen atoms in total. The summed E-state index contributed by atoms with van der Waals surface area (Å²) in [5.41, 5.74) is 3.66. The van der Waals surface area contributed by atoms with Crippen LogP contribution in [0.3, 0.4) is 0 Å². The number of nitrogens with one attached hydrogen (secondary N) is 2. The number of likely N-dealkylation sites (tertiary alicyclic amines) is 1. The minimum atomic E-state index is 0. The second-order valence-corrected chi connectivity index (χ2v) is 8.13. The van der Waals surface area contributed by atoms with E-state index in [2.05, 4.69) is 49.8 Å². The van der Waals surface area contributed by atoms with Crippen LogP contribution in [-0.2, 0) is 19.6 Å². The van der Waals surface area contributed by atoms with E-state index in [1.54, 1.807) is 18.4 Å². The van der Waals surface area contributed by atoms with Gasteiger partial charge in [0.15, 0.2) is 10.9 Å². The van der Waals surface area contributed by atoms with Gasteiger partial charge in [-0.2, -0.15) is 0 Å². The molecule has 8 heteroatoms. The van der Waals surface area contributed by atoms with Gasteiger partial charge in [-0.1, -0.05) is 30.7 Å².